The molecular weight excluding hydrogens is 310 g/mol. The first-order valence-corrected chi connectivity index (χ1v) is 7.57. The fourth-order valence-corrected chi connectivity index (χ4v) is 3.15. The third-order valence-corrected chi connectivity index (χ3v) is 4.45. The van der Waals surface area contributed by atoms with E-state index in [1.165, 1.54) is 0 Å². The van der Waals surface area contributed by atoms with Crippen LogP contribution < -0.4 is 5.73 Å². The number of hydrogen-bond donors (Lipinski definition) is 1. The van der Waals surface area contributed by atoms with Crippen molar-refractivity contribution in [2.24, 2.45) is 5.73 Å². The Labute approximate surface area is 120 Å². The van der Waals surface area contributed by atoms with Crippen molar-refractivity contribution >= 4 is 27.3 Å². The molecule has 3 nitrogen and oxygen atoms in total. The summed E-state index contributed by atoms with van der Waals surface area (Å²) in [6, 6.07) is 4.11. The first-order chi connectivity index (χ1) is 8.60. The van der Waals surface area contributed by atoms with Crippen molar-refractivity contribution in [3.8, 4) is 10.6 Å². The molecule has 2 N–H and O–H groups in total. The van der Waals surface area contributed by atoms with Gasteiger partial charge in [0.25, 0.3) is 0 Å². The molecule has 0 bridgehead atoms. The minimum atomic E-state index is 0.303. The van der Waals surface area contributed by atoms with Crippen LogP contribution in [0.15, 0.2) is 22.0 Å². The van der Waals surface area contributed by atoms with E-state index in [-0.39, 0.29) is 0 Å². The Balaban J connectivity index is 2.37. The largest absolute Gasteiger partial charge is 0.330 e. The molecule has 2 rings (SSSR count). The molecule has 2 aromatic heterocycles. The van der Waals surface area contributed by atoms with E-state index in [0.717, 1.165) is 33.0 Å². The summed E-state index contributed by atoms with van der Waals surface area (Å²) >= 11 is 5.15. The highest BCUT2D eigenvalue weighted by molar-refractivity contribution is 9.10. The van der Waals surface area contributed by atoms with Gasteiger partial charge in [-0.05, 0) is 48.0 Å². The van der Waals surface area contributed by atoms with Crippen LogP contribution in [0.2, 0.25) is 0 Å². The molecule has 0 aliphatic carbocycles. The van der Waals surface area contributed by atoms with E-state index in [2.05, 4.69) is 44.3 Å². The highest BCUT2D eigenvalue weighted by atomic mass is 79.9. The molecule has 0 aliphatic heterocycles. The van der Waals surface area contributed by atoms with Crippen LogP contribution in [0.5, 0.6) is 0 Å². The topological polar surface area (TPSA) is 51.8 Å². The molecule has 0 saturated carbocycles. The van der Waals surface area contributed by atoms with Gasteiger partial charge in [-0.1, -0.05) is 6.92 Å². The Bertz CT molecular complexity index is 539. The minimum absolute atomic E-state index is 0.303. The molecule has 2 aromatic rings. The zero-order valence-corrected chi connectivity index (χ0v) is 12.9. The Morgan fingerprint density at radius 3 is 2.78 bits per heavy atom. The molecule has 0 saturated heterocycles. The predicted molar refractivity (Wildman–Crippen MR) is 79.9 cm³/mol. The maximum absolute atomic E-state index is 5.60. The van der Waals surface area contributed by atoms with Crippen LogP contribution in [0.3, 0.4) is 0 Å². The first kappa shape index (κ1) is 13.6. The van der Waals surface area contributed by atoms with Gasteiger partial charge in [0.1, 0.15) is 5.82 Å². The van der Waals surface area contributed by atoms with E-state index in [9.17, 15) is 0 Å². The van der Waals surface area contributed by atoms with Crippen LogP contribution in [0.25, 0.3) is 10.6 Å². The summed E-state index contributed by atoms with van der Waals surface area (Å²) in [7, 11) is 0. The van der Waals surface area contributed by atoms with Crippen molar-refractivity contribution in [1.29, 1.82) is 0 Å². The highest BCUT2D eigenvalue weighted by Crippen LogP contribution is 2.29. The molecule has 0 spiro atoms. The second-order valence-electron chi connectivity index (χ2n) is 4.36. The van der Waals surface area contributed by atoms with Gasteiger partial charge in [-0.2, -0.15) is 0 Å². The second-order valence-corrected chi connectivity index (χ2v) is 6.19. The van der Waals surface area contributed by atoms with Crippen LogP contribution in [0.4, 0.5) is 0 Å². The van der Waals surface area contributed by atoms with Crippen LogP contribution >= 0.6 is 27.3 Å². The lowest BCUT2D eigenvalue weighted by atomic mass is 10.1. The smallest absolute Gasteiger partial charge is 0.132 e. The summed E-state index contributed by atoms with van der Waals surface area (Å²) < 4.78 is 1.09. The molecule has 0 fully saturated rings. The number of hydrogen-bond acceptors (Lipinski definition) is 4. The Morgan fingerprint density at radius 1 is 1.39 bits per heavy atom. The van der Waals surface area contributed by atoms with Gasteiger partial charge in [-0.3, -0.25) is 0 Å². The van der Waals surface area contributed by atoms with Gasteiger partial charge in [0.05, 0.1) is 10.6 Å². The average Bonchev–Trinajstić information content (AvgIpc) is 2.75. The number of rotatable bonds is 4. The van der Waals surface area contributed by atoms with Gasteiger partial charge < -0.3 is 5.73 Å². The monoisotopic (exact) mass is 325 g/mol. The molecule has 5 heteroatoms. The fourth-order valence-electron chi connectivity index (χ4n) is 1.76. The fraction of sp³-hybridized carbons (Fsp3) is 0.385. The van der Waals surface area contributed by atoms with Crippen molar-refractivity contribution in [2.45, 2.75) is 26.2 Å². The molecule has 2 heterocycles. The van der Waals surface area contributed by atoms with Gasteiger partial charge in [0.15, 0.2) is 0 Å². The molecule has 1 unspecified atom stereocenters. The zero-order valence-electron chi connectivity index (χ0n) is 10.5. The Kier molecular flexibility index (Phi) is 4.48. The molecule has 18 heavy (non-hydrogen) atoms. The first-order valence-electron chi connectivity index (χ1n) is 5.90. The van der Waals surface area contributed by atoms with Crippen molar-refractivity contribution < 1.29 is 0 Å². The molecular formula is C13H16BrN3S. The lowest BCUT2D eigenvalue weighted by Gasteiger charge is -2.10. The molecule has 0 radical (unpaired) electrons. The zero-order chi connectivity index (χ0) is 13.1. The van der Waals surface area contributed by atoms with E-state index in [0.29, 0.717) is 12.5 Å². The van der Waals surface area contributed by atoms with Crippen molar-refractivity contribution in [3.05, 3.63) is 33.5 Å². The summed E-state index contributed by atoms with van der Waals surface area (Å²) in [4.78, 5) is 10.3. The van der Waals surface area contributed by atoms with E-state index < -0.39 is 0 Å². The SMILES string of the molecule is Cc1cc(-c2cc(Br)cs2)nc(C(C)CCN)n1. The summed E-state index contributed by atoms with van der Waals surface area (Å²) in [5.74, 6) is 1.19. The maximum atomic E-state index is 5.60. The summed E-state index contributed by atoms with van der Waals surface area (Å²) in [6.07, 6.45) is 0.914. The maximum Gasteiger partial charge on any atom is 0.132 e. The lowest BCUT2D eigenvalue weighted by Crippen LogP contribution is -2.08. The van der Waals surface area contributed by atoms with E-state index in [1.54, 1.807) is 11.3 Å². The van der Waals surface area contributed by atoms with Crippen LogP contribution in [-0.2, 0) is 0 Å². The number of halogens is 1. The minimum Gasteiger partial charge on any atom is -0.330 e. The standard InChI is InChI=1S/C13H16BrN3S/c1-8(3-4-15)13-16-9(2)5-11(17-13)12-6-10(14)7-18-12/h5-8H,3-4,15H2,1-2H3. The van der Waals surface area contributed by atoms with E-state index >= 15 is 0 Å². The van der Waals surface area contributed by atoms with Gasteiger partial charge in [-0.15, -0.1) is 11.3 Å². The lowest BCUT2D eigenvalue weighted by molar-refractivity contribution is 0.645. The van der Waals surface area contributed by atoms with Crippen molar-refractivity contribution in [3.63, 3.8) is 0 Å². The summed E-state index contributed by atoms with van der Waals surface area (Å²) in [6.45, 7) is 4.79. The van der Waals surface area contributed by atoms with E-state index in [4.69, 9.17) is 5.73 Å². The van der Waals surface area contributed by atoms with Crippen molar-refractivity contribution in [2.75, 3.05) is 6.54 Å². The molecule has 96 valence electrons. The van der Waals surface area contributed by atoms with Gasteiger partial charge in [0, 0.05) is 21.5 Å². The Morgan fingerprint density at radius 2 is 2.17 bits per heavy atom. The summed E-state index contributed by atoms with van der Waals surface area (Å²) in [5, 5.41) is 2.07. The third-order valence-electron chi connectivity index (χ3n) is 2.73. The number of aryl methyl sites for hydroxylation is 1. The normalized spacial score (nSPS) is 12.7. The number of aromatic nitrogens is 2. The van der Waals surface area contributed by atoms with Crippen LogP contribution in [0, 0.1) is 6.92 Å². The quantitative estimate of drug-likeness (QED) is 0.931. The van der Waals surface area contributed by atoms with Crippen molar-refractivity contribution in [1.82, 2.24) is 9.97 Å². The number of nitrogens with two attached hydrogens (primary N) is 1. The van der Waals surface area contributed by atoms with Gasteiger partial charge >= 0.3 is 0 Å². The average molecular weight is 326 g/mol. The van der Waals surface area contributed by atoms with Crippen LogP contribution in [0.1, 0.15) is 30.8 Å². The highest BCUT2D eigenvalue weighted by Gasteiger charge is 2.12. The van der Waals surface area contributed by atoms with E-state index in [1.807, 2.05) is 13.0 Å². The van der Waals surface area contributed by atoms with Gasteiger partial charge in [0.2, 0.25) is 0 Å². The Hall–Kier alpha value is -0.780. The summed E-state index contributed by atoms with van der Waals surface area (Å²) in [5.41, 5.74) is 7.60. The molecule has 0 amide bonds. The molecule has 0 aliphatic rings. The number of thiophene rings is 1. The molecule has 1 atom stereocenters. The third kappa shape index (κ3) is 3.16. The predicted octanol–water partition coefficient (Wildman–Crippen LogP) is 3.73. The van der Waals surface area contributed by atoms with Crippen LogP contribution in [-0.4, -0.2) is 16.5 Å². The number of nitrogens with zero attached hydrogens (tertiary/aromatic N) is 2. The van der Waals surface area contributed by atoms with Gasteiger partial charge in [-0.25, -0.2) is 9.97 Å². The molecule has 0 aromatic carbocycles. The second kappa shape index (κ2) is 5.91.